The summed E-state index contributed by atoms with van der Waals surface area (Å²) in [6.45, 7) is 5.50. The first-order valence-electron chi connectivity index (χ1n) is 14.5. The van der Waals surface area contributed by atoms with Crippen LogP contribution in [0.4, 0.5) is 0 Å². The molecule has 0 saturated heterocycles. The van der Waals surface area contributed by atoms with Gasteiger partial charge in [-0.3, -0.25) is 0 Å². The van der Waals surface area contributed by atoms with E-state index in [-0.39, 0.29) is 11.5 Å². The molecule has 1 aliphatic rings. The van der Waals surface area contributed by atoms with Gasteiger partial charge in [-0.05, 0) is 60.9 Å². The smallest absolute Gasteiger partial charge is 0.343 e. The average Bonchev–Trinajstić information content (AvgIpc) is 3.00. The quantitative estimate of drug-likeness (QED) is 0.122. The van der Waals surface area contributed by atoms with E-state index in [9.17, 15) is 10.1 Å². The first-order valence-corrected chi connectivity index (χ1v) is 14.5. The number of carbonyl (C=O) groups is 1. The minimum atomic E-state index is -0.515. The van der Waals surface area contributed by atoms with Crippen molar-refractivity contribution in [1.29, 1.82) is 5.26 Å². The lowest BCUT2D eigenvalue weighted by Gasteiger charge is -2.27. The first kappa shape index (κ1) is 30.3. The fourth-order valence-electron chi connectivity index (χ4n) is 4.72. The van der Waals surface area contributed by atoms with Gasteiger partial charge < -0.3 is 29.4 Å². The van der Waals surface area contributed by atoms with Crippen LogP contribution < -0.4 is 29.4 Å². The number of ether oxygens (including phenoxy) is 5. The third-order valence-electron chi connectivity index (χ3n) is 7.03. The number of rotatable bonds is 14. The second-order valence-electron chi connectivity index (χ2n) is 10.1. The molecule has 0 saturated carbocycles. The predicted molar refractivity (Wildman–Crippen MR) is 160 cm³/mol. The number of nitrogens with zero attached hydrogens (tertiary/aromatic N) is 1. The summed E-state index contributed by atoms with van der Waals surface area (Å²) in [7, 11) is 1.59. The molecule has 4 rings (SSSR count). The molecule has 1 aliphatic heterocycles. The standard InChI is InChI=1S/C34H38N2O6/c1-4-6-8-9-19-40-29-17-12-24(20-31(29)38-3)32-27-16-15-26(21-30(27)42-33(36)28(32)22-35)41-34(37)23-10-13-25(14-11-23)39-18-7-5-2/h10-17,20-21,32H,4-9,18-19,36H2,1-3H3. The molecule has 0 aromatic heterocycles. The highest BCUT2D eigenvalue weighted by Gasteiger charge is 2.32. The Bertz CT molecular complexity index is 1440. The molecule has 42 heavy (non-hydrogen) atoms. The highest BCUT2D eigenvalue weighted by atomic mass is 16.5. The summed E-state index contributed by atoms with van der Waals surface area (Å²) >= 11 is 0. The molecule has 1 unspecified atom stereocenters. The number of unbranched alkanes of at least 4 members (excludes halogenated alkanes) is 4. The SMILES string of the molecule is CCCCCCOc1ccc(C2C(C#N)=C(N)Oc3cc(OC(=O)c4ccc(OCCCC)cc4)ccc32)cc1OC. The van der Waals surface area contributed by atoms with Crippen LogP contribution in [0.2, 0.25) is 0 Å². The first-order chi connectivity index (χ1) is 20.5. The number of nitriles is 1. The number of methoxy groups -OCH3 is 1. The van der Waals surface area contributed by atoms with E-state index in [0.717, 1.165) is 37.7 Å². The summed E-state index contributed by atoms with van der Waals surface area (Å²) in [6.07, 6.45) is 6.43. The molecular formula is C34H38N2O6. The minimum absolute atomic E-state index is 0.00708. The van der Waals surface area contributed by atoms with Gasteiger partial charge in [0.15, 0.2) is 11.5 Å². The van der Waals surface area contributed by atoms with Crippen molar-refractivity contribution in [3.05, 3.63) is 88.8 Å². The van der Waals surface area contributed by atoms with E-state index in [1.54, 1.807) is 49.6 Å². The Morgan fingerprint density at radius 2 is 1.62 bits per heavy atom. The van der Waals surface area contributed by atoms with Gasteiger partial charge in [-0.15, -0.1) is 0 Å². The molecule has 1 atom stereocenters. The van der Waals surface area contributed by atoms with Crippen molar-refractivity contribution in [1.82, 2.24) is 0 Å². The summed E-state index contributed by atoms with van der Waals surface area (Å²) < 4.78 is 28.7. The van der Waals surface area contributed by atoms with E-state index >= 15 is 0 Å². The Kier molecular flexibility index (Phi) is 10.7. The number of benzene rings is 3. The van der Waals surface area contributed by atoms with E-state index in [0.29, 0.717) is 53.1 Å². The van der Waals surface area contributed by atoms with Crippen LogP contribution in [0.1, 0.15) is 79.8 Å². The molecule has 3 aromatic rings. The van der Waals surface area contributed by atoms with Crippen LogP contribution in [0, 0.1) is 11.3 Å². The van der Waals surface area contributed by atoms with Crippen molar-refractivity contribution < 1.29 is 28.5 Å². The van der Waals surface area contributed by atoms with Crippen molar-refractivity contribution in [2.75, 3.05) is 20.3 Å². The topological polar surface area (TPSA) is 113 Å². The van der Waals surface area contributed by atoms with Gasteiger partial charge in [0.25, 0.3) is 0 Å². The molecule has 0 aliphatic carbocycles. The number of hydrogen-bond acceptors (Lipinski definition) is 8. The van der Waals surface area contributed by atoms with Crippen LogP contribution >= 0.6 is 0 Å². The normalized spacial score (nSPS) is 13.9. The van der Waals surface area contributed by atoms with Crippen LogP contribution in [0.5, 0.6) is 28.7 Å². The molecule has 3 aromatic carbocycles. The largest absolute Gasteiger partial charge is 0.494 e. The molecule has 1 heterocycles. The van der Waals surface area contributed by atoms with Crippen LogP contribution in [0.15, 0.2) is 72.1 Å². The van der Waals surface area contributed by atoms with Crippen molar-refractivity contribution in [2.24, 2.45) is 5.73 Å². The minimum Gasteiger partial charge on any atom is -0.494 e. The van der Waals surface area contributed by atoms with E-state index < -0.39 is 11.9 Å². The number of esters is 1. The van der Waals surface area contributed by atoms with Crippen LogP contribution in [-0.2, 0) is 0 Å². The number of fused-ring (bicyclic) bond motifs is 1. The molecule has 0 radical (unpaired) electrons. The average molecular weight is 571 g/mol. The maximum Gasteiger partial charge on any atom is 0.343 e. The predicted octanol–water partition coefficient (Wildman–Crippen LogP) is 7.27. The van der Waals surface area contributed by atoms with Gasteiger partial charge in [0.1, 0.15) is 28.9 Å². The zero-order valence-corrected chi connectivity index (χ0v) is 24.5. The fourth-order valence-corrected chi connectivity index (χ4v) is 4.72. The Morgan fingerprint density at radius 1 is 0.881 bits per heavy atom. The molecule has 0 spiro atoms. The third kappa shape index (κ3) is 7.35. The van der Waals surface area contributed by atoms with E-state index in [1.165, 1.54) is 6.42 Å². The molecule has 2 N–H and O–H groups in total. The Balaban J connectivity index is 1.53. The Morgan fingerprint density at radius 3 is 2.33 bits per heavy atom. The molecule has 8 heteroatoms. The lowest BCUT2D eigenvalue weighted by Crippen LogP contribution is -2.21. The van der Waals surface area contributed by atoms with Gasteiger partial charge in [0.2, 0.25) is 5.88 Å². The summed E-state index contributed by atoms with van der Waals surface area (Å²) in [4.78, 5) is 12.8. The lowest BCUT2D eigenvalue weighted by atomic mass is 9.83. The second kappa shape index (κ2) is 14.8. The van der Waals surface area contributed by atoms with Crippen LogP contribution in [0.3, 0.4) is 0 Å². The maximum absolute atomic E-state index is 12.8. The van der Waals surface area contributed by atoms with Crippen molar-refractivity contribution in [2.45, 2.75) is 58.3 Å². The van der Waals surface area contributed by atoms with Gasteiger partial charge in [-0.25, -0.2) is 4.79 Å². The molecule has 0 amide bonds. The van der Waals surface area contributed by atoms with Crippen LogP contribution in [-0.4, -0.2) is 26.3 Å². The summed E-state index contributed by atoms with van der Waals surface area (Å²) in [5, 5.41) is 9.96. The second-order valence-corrected chi connectivity index (χ2v) is 10.1. The molecule has 0 fully saturated rings. The molecule has 220 valence electrons. The number of carbonyl (C=O) groups excluding carboxylic acids is 1. The zero-order valence-electron chi connectivity index (χ0n) is 24.5. The summed E-state index contributed by atoms with van der Waals surface area (Å²) in [5.74, 6) is 1.58. The van der Waals surface area contributed by atoms with Gasteiger partial charge in [-0.2, -0.15) is 5.26 Å². The number of allylic oxidation sites excluding steroid dienone is 1. The molecular weight excluding hydrogens is 532 g/mol. The molecule has 8 nitrogen and oxygen atoms in total. The fraction of sp³-hybridized carbons (Fsp3) is 0.353. The van der Waals surface area contributed by atoms with Crippen LogP contribution in [0.25, 0.3) is 0 Å². The van der Waals surface area contributed by atoms with Crippen molar-refractivity contribution >= 4 is 5.97 Å². The highest BCUT2D eigenvalue weighted by molar-refractivity contribution is 5.91. The van der Waals surface area contributed by atoms with E-state index in [2.05, 4.69) is 19.9 Å². The zero-order chi connectivity index (χ0) is 29.9. The maximum atomic E-state index is 12.8. The molecule has 0 bridgehead atoms. The highest BCUT2D eigenvalue weighted by Crippen LogP contribution is 2.45. The number of nitrogens with two attached hydrogens (primary N) is 1. The van der Waals surface area contributed by atoms with E-state index in [4.69, 9.17) is 29.4 Å². The third-order valence-corrected chi connectivity index (χ3v) is 7.03. The number of hydrogen-bond donors (Lipinski definition) is 1. The lowest BCUT2D eigenvalue weighted by molar-refractivity contribution is 0.0734. The Hall–Kier alpha value is -4.64. The van der Waals surface area contributed by atoms with Gasteiger partial charge >= 0.3 is 5.97 Å². The van der Waals surface area contributed by atoms with Gasteiger partial charge in [-0.1, -0.05) is 51.7 Å². The Labute approximate surface area is 247 Å². The van der Waals surface area contributed by atoms with Crippen molar-refractivity contribution in [3.8, 4) is 34.8 Å². The van der Waals surface area contributed by atoms with Gasteiger partial charge in [0.05, 0.1) is 31.8 Å². The van der Waals surface area contributed by atoms with E-state index in [1.807, 2.05) is 18.2 Å². The summed E-state index contributed by atoms with van der Waals surface area (Å²) in [5.41, 5.74) is 8.37. The monoisotopic (exact) mass is 570 g/mol. The van der Waals surface area contributed by atoms with Gasteiger partial charge in [0, 0.05) is 11.6 Å². The summed E-state index contributed by atoms with van der Waals surface area (Å²) in [6, 6.07) is 19.7. The van der Waals surface area contributed by atoms with Crippen molar-refractivity contribution in [3.63, 3.8) is 0 Å².